The van der Waals surface area contributed by atoms with Gasteiger partial charge in [-0.25, -0.2) is 13.4 Å². The quantitative estimate of drug-likeness (QED) is 0.690. The predicted octanol–water partition coefficient (Wildman–Crippen LogP) is 2.80. The molecule has 3 heterocycles. The SMILES string of the molecule is N#Cc1cc(NCc2ccc(S(=O)(=O)N3CCOCC3)s2)c2ccccc2n1. The van der Waals surface area contributed by atoms with Gasteiger partial charge in [0.2, 0.25) is 0 Å². The lowest BCUT2D eigenvalue weighted by Crippen LogP contribution is -2.40. The van der Waals surface area contributed by atoms with E-state index in [1.807, 2.05) is 30.3 Å². The maximum absolute atomic E-state index is 12.7. The fourth-order valence-electron chi connectivity index (χ4n) is 3.07. The van der Waals surface area contributed by atoms with Crippen LogP contribution in [0, 0.1) is 11.3 Å². The van der Waals surface area contributed by atoms with Crippen molar-refractivity contribution < 1.29 is 13.2 Å². The van der Waals surface area contributed by atoms with Crippen molar-refractivity contribution in [3.05, 3.63) is 53.0 Å². The average molecular weight is 415 g/mol. The van der Waals surface area contributed by atoms with E-state index >= 15 is 0 Å². The van der Waals surface area contributed by atoms with E-state index in [-0.39, 0.29) is 0 Å². The van der Waals surface area contributed by atoms with Crippen molar-refractivity contribution in [3.63, 3.8) is 0 Å². The predicted molar refractivity (Wildman–Crippen MR) is 108 cm³/mol. The highest BCUT2D eigenvalue weighted by Gasteiger charge is 2.27. The summed E-state index contributed by atoms with van der Waals surface area (Å²) in [6.07, 6.45) is 0. The Labute approximate surface area is 167 Å². The number of hydrogen-bond donors (Lipinski definition) is 1. The molecule has 0 saturated carbocycles. The molecule has 0 aliphatic carbocycles. The topological polar surface area (TPSA) is 95.3 Å². The third-order valence-electron chi connectivity index (χ3n) is 4.49. The Morgan fingerprint density at radius 3 is 2.79 bits per heavy atom. The van der Waals surface area contributed by atoms with Gasteiger partial charge in [0, 0.05) is 35.6 Å². The van der Waals surface area contributed by atoms with Gasteiger partial charge < -0.3 is 10.1 Å². The summed E-state index contributed by atoms with van der Waals surface area (Å²) in [5.41, 5.74) is 1.88. The molecule has 0 amide bonds. The van der Waals surface area contributed by atoms with E-state index in [0.29, 0.717) is 42.8 Å². The molecule has 7 nitrogen and oxygen atoms in total. The van der Waals surface area contributed by atoms with Gasteiger partial charge in [-0.05, 0) is 24.3 Å². The number of sulfonamides is 1. The van der Waals surface area contributed by atoms with Gasteiger partial charge in [0.05, 0.1) is 18.7 Å². The third kappa shape index (κ3) is 3.72. The molecule has 0 bridgehead atoms. The number of nitrogens with one attached hydrogen (secondary N) is 1. The van der Waals surface area contributed by atoms with E-state index < -0.39 is 10.0 Å². The number of morpholine rings is 1. The van der Waals surface area contributed by atoms with Crippen LogP contribution < -0.4 is 5.32 Å². The lowest BCUT2D eigenvalue weighted by atomic mass is 10.1. The van der Waals surface area contributed by atoms with E-state index in [1.165, 1.54) is 15.6 Å². The Kier molecular flexibility index (Phi) is 5.28. The van der Waals surface area contributed by atoms with E-state index in [4.69, 9.17) is 4.74 Å². The molecule has 1 aliphatic heterocycles. The number of rotatable bonds is 5. The highest BCUT2D eigenvalue weighted by Crippen LogP contribution is 2.28. The largest absolute Gasteiger partial charge is 0.380 e. The van der Waals surface area contributed by atoms with Gasteiger partial charge >= 0.3 is 0 Å². The molecule has 0 spiro atoms. The van der Waals surface area contributed by atoms with Crippen molar-refractivity contribution in [1.29, 1.82) is 5.26 Å². The Morgan fingerprint density at radius 1 is 1.21 bits per heavy atom. The molecule has 1 saturated heterocycles. The van der Waals surface area contributed by atoms with Crippen molar-refractivity contribution in [2.24, 2.45) is 0 Å². The molecule has 0 radical (unpaired) electrons. The second kappa shape index (κ2) is 7.85. The number of nitrogens with zero attached hydrogens (tertiary/aromatic N) is 3. The van der Waals surface area contributed by atoms with Crippen LogP contribution in [0.4, 0.5) is 5.69 Å². The van der Waals surface area contributed by atoms with Gasteiger partial charge in [0.15, 0.2) is 0 Å². The van der Waals surface area contributed by atoms with Crippen LogP contribution in [0.1, 0.15) is 10.6 Å². The number of pyridine rings is 1. The molecule has 0 unspecified atom stereocenters. The molecular weight excluding hydrogens is 396 g/mol. The highest BCUT2D eigenvalue weighted by molar-refractivity contribution is 7.91. The van der Waals surface area contributed by atoms with Gasteiger partial charge in [-0.15, -0.1) is 11.3 Å². The Bertz CT molecular complexity index is 1150. The van der Waals surface area contributed by atoms with E-state index in [2.05, 4.69) is 16.4 Å². The Balaban J connectivity index is 1.54. The molecule has 0 atom stereocenters. The smallest absolute Gasteiger partial charge is 0.252 e. The summed E-state index contributed by atoms with van der Waals surface area (Å²) in [6.45, 7) is 2.08. The van der Waals surface area contributed by atoms with Crippen LogP contribution in [0.5, 0.6) is 0 Å². The molecule has 1 aliphatic rings. The number of para-hydroxylation sites is 1. The van der Waals surface area contributed by atoms with E-state index in [1.54, 1.807) is 12.1 Å². The Hall–Kier alpha value is -2.51. The molecule has 3 aromatic rings. The van der Waals surface area contributed by atoms with Gasteiger partial charge in [0.1, 0.15) is 16.0 Å². The summed E-state index contributed by atoms with van der Waals surface area (Å²) < 4.78 is 32.5. The standard InChI is InChI=1S/C19H18N4O3S2/c20-12-14-11-18(16-3-1-2-4-17(16)22-14)21-13-15-5-6-19(27-15)28(24,25)23-7-9-26-10-8-23/h1-6,11H,7-10,13H2,(H,21,22). The number of aromatic nitrogens is 1. The molecular formula is C19H18N4O3S2. The molecule has 1 fully saturated rings. The fourth-order valence-corrected chi connectivity index (χ4v) is 5.93. The maximum atomic E-state index is 12.7. The summed E-state index contributed by atoms with van der Waals surface area (Å²) in [5.74, 6) is 0. The minimum atomic E-state index is -3.48. The van der Waals surface area contributed by atoms with Crippen molar-refractivity contribution in [2.75, 3.05) is 31.6 Å². The van der Waals surface area contributed by atoms with Crippen LogP contribution in [-0.4, -0.2) is 44.0 Å². The van der Waals surface area contributed by atoms with Crippen LogP contribution in [0.3, 0.4) is 0 Å². The second-order valence-corrected chi connectivity index (χ2v) is 9.61. The van der Waals surface area contributed by atoms with Crippen LogP contribution in [-0.2, 0) is 21.3 Å². The highest BCUT2D eigenvalue weighted by atomic mass is 32.2. The number of thiophene rings is 1. The zero-order chi connectivity index (χ0) is 19.6. The molecule has 1 aromatic carbocycles. The summed E-state index contributed by atoms with van der Waals surface area (Å²) in [7, 11) is -3.48. The molecule has 1 N–H and O–H groups in total. The van der Waals surface area contributed by atoms with Crippen LogP contribution >= 0.6 is 11.3 Å². The fraction of sp³-hybridized carbons (Fsp3) is 0.263. The van der Waals surface area contributed by atoms with Crippen LogP contribution in [0.15, 0.2) is 46.7 Å². The number of benzene rings is 1. The number of ether oxygens (including phenoxy) is 1. The third-order valence-corrected chi connectivity index (χ3v) is 7.94. The lowest BCUT2D eigenvalue weighted by molar-refractivity contribution is 0.0731. The second-order valence-electron chi connectivity index (χ2n) is 6.27. The van der Waals surface area contributed by atoms with Gasteiger partial charge in [0.25, 0.3) is 10.0 Å². The van der Waals surface area contributed by atoms with Crippen molar-refractivity contribution in [1.82, 2.24) is 9.29 Å². The van der Waals surface area contributed by atoms with Crippen molar-refractivity contribution >= 4 is 38.0 Å². The summed E-state index contributed by atoms with van der Waals surface area (Å²) >= 11 is 1.25. The first-order valence-corrected chi connectivity index (χ1v) is 11.0. The normalized spacial score (nSPS) is 15.4. The number of fused-ring (bicyclic) bond motifs is 1. The Morgan fingerprint density at radius 2 is 2.00 bits per heavy atom. The van der Waals surface area contributed by atoms with E-state index in [0.717, 1.165) is 21.5 Å². The number of nitriles is 1. The minimum absolute atomic E-state index is 0.336. The molecule has 9 heteroatoms. The van der Waals surface area contributed by atoms with Crippen LogP contribution in [0.2, 0.25) is 0 Å². The molecule has 144 valence electrons. The first kappa shape index (κ1) is 18.8. The summed E-state index contributed by atoms with van der Waals surface area (Å²) in [6, 6.07) is 14.8. The number of hydrogen-bond acceptors (Lipinski definition) is 7. The summed E-state index contributed by atoms with van der Waals surface area (Å²) in [5, 5.41) is 13.4. The van der Waals surface area contributed by atoms with Gasteiger partial charge in [-0.2, -0.15) is 9.57 Å². The average Bonchev–Trinajstić information content (AvgIpc) is 3.22. The molecule has 28 heavy (non-hydrogen) atoms. The zero-order valence-electron chi connectivity index (χ0n) is 15.0. The number of anilines is 1. The minimum Gasteiger partial charge on any atom is -0.380 e. The van der Waals surface area contributed by atoms with Gasteiger partial charge in [-0.1, -0.05) is 18.2 Å². The first-order chi connectivity index (χ1) is 13.6. The lowest BCUT2D eigenvalue weighted by Gasteiger charge is -2.25. The molecule has 2 aromatic heterocycles. The molecule has 4 rings (SSSR count). The maximum Gasteiger partial charge on any atom is 0.252 e. The summed E-state index contributed by atoms with van der Waals surface area (Å²) in [4.78, 5) is 5.20. The van der Waals surface area contributed by atoms with E-state index in [9.17, 15) is 13.7 Å². The van der Waals surface area contributed by atoms with Crippen LogP contribution in [0.25, 0.3) is 10.9 Å². The van der Waals surface area contributed by atoms with Crippen molar-refractivity contribution in [2.45, 2.75) is 10.8 Å². The zero-order valence-corrected chi connectivity index (χ0v) is 16.6. The van der Waals surface area contributed by atoms with Crippen molar-refractivity contribution in [3.8, 4) is 6.07 Å². The monoisotopic (exact) mass is 414 g/mol. The van der Waals surface area contributed by atoms with Gasteiger partial charge in [-0.3, -0.25) is 0 Å². The first-order valence-electron chi connectivity index (χ1n) is 8.78.